The molecule has 3 nitrogen and oxygen atoms in total. The summed E-state index contributed by atoms with van der Waals surface area (Å²) in [5.74, 6) is 1.31. The van der Waals surface area contributed by atoms with E-state index in [4.69, 9.17) is 0 Å². The highest BCUT2D eigenvalue weighted by Gasteiger charge is 2.29. The fraction of sp³-hybridized carbons (Fsp3) is 0.429. The number of phenols is 1. The van der Waals surface area contributed by atoms with E-state index in [2.05, 4.69) is 23.6 Å². The van der Waals surface area contributed by atoms with Crippen molar-refractivity contribution in [2.24, 2.45) is 5.92 Å². The van der Waals surface area contributed by atoms with Gasteiger partial charge in [0.1, 0.15) is 5.75 Å². The highest BCUT2D eigenvalue weighted by Crippen LogP contribution is 2.42. The van der Waals surface area contributed by atoms with Gasteiger partial charge in [0.15, 0.2) is 0 Å². The topological polar surface area (TPSA) is 44.3 Å². The molecule has 17 heavy (non-hydrogen) atoms. The Morgan fingerprint density at radius 2 is 2.18 bits per heavy atom. The first-order chi connectivity index (χ1) is 8.25. The van der Waals surface area contributed by atoms with E-state index in [-0.39, 0.29) is 0 Å². The van der Waals surface area contributed by atoms with Gasteiger partial charge in [0.2, 0.25) is 0 Å². The minimum Gasteiger partial charge on any atom is -0.508 e. The fourth-order valence-electron chi connectivity index (χ4n) is 2.87. The molecule has 2 unspecified atom stereocenters. The molecule has 0 amide bonds. The molecular weight excluding hydrogens is 212 g/mol. The van der Waals surface area contributed by atoms with Gasteiger partial charge in [-0.25, -0.2) is 0 Å². The molecule has 90 valence electrons. The van der Waals surface area contributed by atoms with Gasteiger partial charge in [0.25, 0.3) is 0 Å². The predicted molar refractivity (Wildman–Crippen MR) is 69.5 cm³/mol. The van der Waals surface area contributed by atoms with Crippen LogP contribution in [0.2, 0.25) is 0 Å². The second kappa shape index (κ2) is 4.08. The summed E-state index contributed by atoms with van der Waals surface area (Å²) in [7, 11) is 0. The van der Waals surface area contributed by atoms with Gasteiger partial charge in [-0.2, -0.15) is 0 Å². The Bertz CT molecular complexity index is 467. The molecule has 3 rings (SSSR count). The fourth-order valence-corrected chi connectivity index (χ4v) is 2.87. The average Bonchev–Trinajstić information content (AvgIpc) is 2.74. The van der Waals surface area contributed by atoms with Crippen molar-refractivity contribution >= 4 is 5.69 Å². The van der Waals surface area contributed by atoms with Crippen LogP contribution < -0.4 is 10.6 Å². The second-order valence-electron chi connectivity index (χ2n) is 5.02. The van der Waals surface area contributed by atoms with Crippen molar-refractivity contribution < 1.29 is 5.11 Å². The lowest BCUT2D eigenvalue weighted by molar-refractivity contribution is 0.465. The molecular formula is C14H18N2O. The Hall–Kier alpha value is -1.48. The first-order valence-corrected chi connectivity index (χ1v) is 6.23. The standard InChI is InChI=1S/C14H18N2O/c1-9-5-10(7-15-6-9)11-8-16-12-3-2-4-13(17)14(11)12/h2-5,9,11,15-17H,6-8H2,1H3. The number of rotatable bonds is 1. The van der Waals surface area contributed by atoms with Gasteiger partial charge in [-0.1, -0.05) is 24.6 Å². The van der Waals surface area contributed by atoms with E-state index in [1.807, 2.05) is 12.1 Å². The van der Waals surface area contributed by atoms with E-state index in [9.17, 15) is 5.11 Å². The van der Waals surface area contributed by atoms with Crippen molar-refractivity contribution in [3.05, 3.63) is 35.4 Å². The van der Waals surface area contributed by atoms with Crippen molar-refractivity contribution in [2.45, 2.75) is 12.8 Å². The van der Waals surface area contributed by atoms with Crippen molar-refractivity contribution in [3.63, 3.8) is 0 Å². The molecule has 0 aliphatic carbocycles. The van der Waals surface area contributed by atoms with E-state index >= 15 is 0 Å². The van der Waals surface area contributed by atoms with Crippen LogP contribution in [0.3, 0.4) is 0 Å². The number of hydrogen-bond donors (Lipinski definition) is 3. The third kappa shape index (κ3) is 1.80. The number of hydrogen-bond acceptors (Lipinski definition) is 3. The molecule has 0 radical (unpaired) electrons. The number of anilines is 1. The van der Waals surface area contributed by atoms with Crippen LogP contribution in [0.4, 0.5) is 5.69 Å². The largest absolute Gasteiger partial charge is 0.508 e. The molecule has 0 spiro atoms. The van der Waals surface area contributed by atoms with Gasteiger partial charge in [0.05, 0.1) is 0 Å². The van der Waals surface area contributed by atoms with Crippen LogP contribution in [0.1, 0.15) is 18.4 Å². The number of fused-ring (bicyclic) bond motifs is 1. The van der Waals surface area contributed by atoms with Crippen LogP contribution in [0.25, 0.3) is 0 Å². The zero-order valence-electron chi connectivity index (χ0n) is 10.0. The molecule has 2 aliphatic heterocycles. The summed E-state index contributed by atoms with van der Waals surface area (Å²) in [6.45, 7) is 5.11. The van der Waals surface area contributed by atoms with E-state index < -0.39 is 0 Å². The van der Waals surface area contributed by atoms with Crippen LogP contribution in [-0.4, -0.2) is 24.7 Å². The van der Waals surface area contributed by atoms with Crippen molar-refractivity contribution in [1.82, 2.24) is 5.32 Å². The smallest absolute Gasteiger partial charge is 0.121 e. The molecule has 2 heterocycles. The SMILES string of the molecule is CC1C=C(C2CNc3cccc(O)c32)CNC1. The van der Waals surface area contributed by atoms with Gasteiger partial charge >= 0.3 is 0 Å². The third-order valence-corrected chi connectivity index (χ3v) is 3.67. The zero-order valence-corrected chi connectivity index (χ0v) is 10.0. The Morgan fingerprint density at radius 1 is 1.29 bits per heavy atom. The Morgan fingerprint density at radius 3 is 3.00 bits per heavy atom. The maximum Gasteiger partial charge on any atom is 0.121 e. The van der Waals surface area contributed by atoms with Crippen LogP contribution in [0.5, 0.6) is 5.75 Å². The number of phenolic OH excluding ortho intramolecular Hbond substituents is 1. The third-order valence-electron chi connectivity index (χ3n) is 3.67. The lowest BCUT2D eigenvalue weighted by Crippen LogP contribution is -2.30. The number of nitrogens with one attached hydrogen (secondary N) is 2. The molecule has 2 aliphatic rings. The molecule has 2 atom stereocenters. The molecule has 0 saturated heterocycles. The Labute approximate surface area is 102 Å². The maximum absolute atomic E-state index is 10.0. The van der Waals surface area contributed by atoms with Gasteiger partial charge < -0.3 is 15.7 Å². The summed E-state index contributed by atoms with van der Waals surface area (Å²) in [6, 6.07) is 5.70. The molecule has 0 bridgehead atoms. The summed E-state index contributed by atoms with van der Waals surface area (Å²) < 4.78 is 0. The van der Waals surface area contributed by atoms with Crippen LogP contribution >= 0.6 is 0 Å². The van der Waals surface area contributed by atoms with Gasteiger partial charge in [0, 0.05) is 36.8 Å². The normalized spacial score (nSPS) is 27.2. The van der Waals surface area contributed by atoms with E-state index in [1.165, 1.54) is 5.57 Å². The maximum atomic E-state index is 10.0. The molecule has 3 N–H and O–H groups in total. The average molecular weight is 230 g/mol. The van der Waals surface area contributed by atoms with Crippen molar-refractivity contribution in [2.75, 3.05) is 25.0 Å². The zero-order chi connectivity index (χ0) is 11.8. The molecule has 0 fully saturated rings. The molecule has 1 aromatic carbocycles. The molecule has 0 aromatic heterocycles. The first-order valence-electron chi connectivity index (χ1n) is 6.23. The Balaban J connectivity index is 1.98. The van der Waals surface area contributed by atoms with Crippen LogP contribution in [0, 0.1) is 5.92 Å². The Kier molecular flexibility index (Phi) is 2.56. The van der Waals surface area contributed by atoms with Crippen LogP contribution in [0.15, 0.2) is 29.8 Å². The predicted octanol–water partition coefficient (Wildman–Crippen LogP) is 2.07. The van der Waals surface area contributed by atoms with Crippen molar-refractivity contribution in [1.29, 1.82) is 0 Å². The van der Waals surface area contributed by atoms with Gasteiger partial charge in [-0.05, 0) is 18.1 Å². The monoisotopic (exact) mass is 230 g/mol. The minimum absolute atomic E-state index is 0.321. The molecule has 1 aromatic rings. The van der Waals surface area contributed by atoms with Gasteiger partial charge in [-0.3, -0.25) is 0 Å². The summed E-state index contributed by atoms with van der Waals surface area (Å²) in [5.41, 5.74) is 3.54. The molecule has 3 heteroatoms. The summed E-state index contributed by atoms with van der Waals surface area (Å²) in [6.07, 6.45) is 2.35. The first kappa shape index (κ1) is 10.7. The van der Waals surface area contributed by atoms with E-state index in [1.54, 1.807) is 6.07 Å². The van der Waals surface area contributed by atoms with Crippen molar-refractivity contribution in [3.8, 4) is 5.75 Å². The quantitative estimate of drug-likeness (QED) is 0.647. The van der Waals surface area contributed by atoms with E-state index in [0.29, 0.717) is 17.6 Å². The number of aromatic hydroxyl groups is 1. The van der Waals surface area contributed by atoms with Crippen LogP contribution in [-0.2, 0) is 0 Å². The lowest BCUT2D eigenvalue weighted by Gasteiger charge is -2.24. The summed E-state index contributed by atoms with van der Waals surface area (Å²) in [4.78, 5) is 0. The lowest BCUT2D eigenvalue weighted by atomic mass is 9.88. The van der Waals surface area contributed by atoms with E-state index in [0.717, 1.165) is 30.9 Å². The highest BCUT2D eigenvalue weighted by molar-refractivity contribution is 5.65. The summed E-state index contributed by atoms with van der Waals surface area (Å²) in [5, 5.41) is 16.8. The minimum atomic E-state index is 0.321. The summed E-state index contributed by atoms with van der Waals surface area (Å²) >= 11 is 0. The second-order valence-corrected chi connectivity index (χ2v) is 5.02. The highest BCUT2D eigenvalue weighted by atomic mass is 16.3. The van der Waals surface area contributed by atoms with Gasteiger partial charge in [-0.15, -0.1) is 0 Å². The molecule has 0 saturated carbocycles. The number of benzene rings is 1.